The summed E-state index contributed by atoms with van der Waals surface area (Å²) in [6.45, 7) is 2.78. The van der Waals surface area contributed by atoms with Gasteiger partial charge in [-0.2, -0.15) is 11.8 Å². The van der Waals surface area contributed by atoms with Gasteiger partial charge in [0.2, 0.25) is 0 Å². The van der Waals surface area contributed by atoms with Gasteiger partial charge in [-0.1, -0.05) is 67.6 Å². The van der Waals surface area contributed by atoms with Crippen LogP contribution in [0, 0.1) is 23.7 Å². The van der Waals surface area contributed by atoms with Crippen LogP contribution in [-0.4, -0.2) is 46.0 Å². The smallest absolute Gasteiger partial charge is 0.315 e. The van der Waals surface area contributed by atoms with Gasteiger partial charge in [0, 0.05) is 35.1 Å². The molecule has 1 aliphatic heterocycles. The second kappa shape index (κ2) is 14.3. The quantitative estimate of drug-likeness (QED) is 0.164. The third-order valence-corrected chi connectivity index (χ3v) is 12.0. The molecule has 4 atom stereocenters. The second-order valence-corrected chi connectivity index (χ2v) is 15.6. The monoisotopic (exact) mass is 656 g/mol. The van der Waals surface area contributed by atoms with Crippen LogP contribution in [-0.2, 0) is 22.6 Å². The fourth-order valence-corrected chi connectivity index (χ4v) is 9.94. The van der Waals surface area contributed by atoms with E-state index in [4.69, 9.17) is 9.47 Å². The summed E-state index contributed by atoms with van der Waals surface area (Å²) in [6.07, 6.45) is 6.72. The fourth-order valence-electron chi connectivity index (χ4n) is 9.03. The molecule has 4 bridgehead atoms. The standard InChI is InChI=1S/C39H48N2O5S/c1-25-35(24-47-13-12-42)45-37(46-36(25)31-10-8-26(23-43)9-11-31)34-7-3-6-33(18-34)32-5-2-4-27(17-32)22-40-38(44)41-39-19-28-14-29(20-39)16-30(15-28)21-39/h2-11,17-18,25,28-30,35-37,42-43H,12-16,19-24H2,1H3,(H2,40,41,44)/t25-,28?,29?,30?,35+,36+,37+,39?/m1/s1. The Morgan fingerprint density at radius 2 is 1.53 bits per heavy atom. The van der Waals surface area contributed by atoms with Gasteiger partial charge in [0.1, 0.15) is 0 Å². The maximum atomic E-state index is 13.1. The highest BCUT2D eigenvalue weighted by Crippen LogP contribution is 2.55. The molecule has 8 rings (SSSR count). The van der Waals surface area contributed by atoms with Gasteiger partial charge in [0.25, 0.3) is 0 Å². The molecule has 0 spiro atoms. The van der Waals surface area contributed by atoms with Crippen molar-refractivity contribution in [3.05, 3.63) is 95.1 Å². The Kier molecular flexibility index (Phi) is 9.94. The highest BCUT2D eigenvalue weighted by Gasteiger charge is 2.51. The summed E-state index contributed by atoms with van der Waals surface area (Å²) in [5, 5.41) is 25.5. The van der Waals surface area contributed by atoms with Crippen LogP contribution in [0.3, 0.4) is 0 Å². The lowest BCUT2D eigenvalue weighted by Crippen LogP contribution is -2.61. The zero-order valence-electron chi connectivity index (χ0n) is 27.3. The summed E-state index contributed by atoms with van der Waals surface area (Å²) in [6, 6.07) is 24.6. The number of carbonyl (C=O) groups is 1. The number of aliphatic hydroxyl groups is 2. The van der Waals surface area contributed by atoms with Crippen molar-refractivity contribution in [1.29, 1.82) is 0 Å². The third kappa shape index (κ3) is 7.42. The number of hydrogen-bond acceptors (Lipinski definition) is 6. The van der Waals surface area contributed by atoms with Crippen LogP contribution in [0.5, 0.6) is 0 Å². The van der Waals surface area contributed by atoms with Gasteiger partial charge >= 0.3 is 6.03 Å². The van der Waals surface area contributed by atoms with E-state index in [1.165, 1.54) is 19.3 Å². The Hall–Kier alpha value is -2.88. The van der Waals surface area contributed by atoms with Gasteiger partial charge in [-0.05, 0) is 96.2 Å². The number of rotatable bonds is 11. The molecule has 0 unspecified atom stereocenters. The highest BCUT2D eigenvalue weighted by molar-refractivity contribution is 7.99. The number of urea groups is 1. The van der Waals surface area contributed by atoms with Crippen LogP contribution in [0.1, 0.15) is 80.1 Å². The van der Waals surface area contributed by atoms with Crippen molar-refractivity contribution in [3.63, 3.8) is 0 Å². The summed E-state index contributed by atoms with van der Waals surface area (Å²) in [7, 11) is 0. The number of hydrogen-bond donors (Lipinski definition) is 4. The summed E-state index contributed by atoms with van der Waals surface area (Å²) < 4.78 is 13.3. The predicted octanol–water partition coefficient (Wildman–Crippen LogP) is 7.13. The average Bonchev–Trinajstić information content (AvgIpc) is 3.07. The number of carbonyl (C=O) groups excluding carboxylic acids is 1. The molecule has 4 saturated carbocycles. The van der Waals surface area contributed by atoms with Gasteiger partial charge in [-0.15, -0.1) is 0 Å². The molecule has 0 aromatic heterocycles. The van der Waals surface area contributed by atoms with Gasteiger partial charge in [-0.25, -0.2) is 4.79 Å². The third-order valence-electron chi connectivity index (χ3n) is 10.9. The molecular weight excluding hydrogens is 609 g/mol. The topological polar surface area (TPSA) is 100 Å². The molecule has 4 aliphatic carbocycles. The Labute approximate surface area is 282 Å². The van der Waals surface area contributed by atoms with E-state index in [-0.39, 0.29) is 42.9 Å². The van der Waals surface area contributed by atoms with E-state index in [2.05, 4.69) is 47.9 Å². The van der Waals surface area contributed by atoms with E-state index in [0.29, 0.717) is 12.3 Å². The first kappa shape index (κ1) is 32.7. The van der Waals surface area contributed by atoms with Crippen LogP contribution in [0.2, 0.25) is 0 Å². The van der Waals surface area contributed by atoms with Gasteiger partial charge in [-0.3, -0.25) is 0 Å². The molecule has 47 heavy (non-hydrogen) atoms. The molecule has 5 aliphatic rings. The number of benzene rings is 3. The lowest BCUT2D eigenvalue weighted by Gasteiger charge is -2.56. The molecule has 3 aromatic carbocycles. The first-order chi connectivity index (χ1) is 22.9. The highest BCUT2D eigenvalue weighted by atomic mass is 32.2. The molecule has 4 N–H and O–H groups in total. The largest absolute Gasteiger partial charge is 0.396 e. The minimum Gasteiger partial charge on any atom is -0.396 e. The van der Waals surface area contributed by atoms with Crippen LogP contribution in [0.15, 0.2) is 72.8 Å². The van der Waals surface area contributed by atoms with Crippen molar-refractivity contribution >= 4 is 17.8 Å². The zero-order chi connectivity index (χ0) is 32.4. The lowest BCUT2D eigenvalue weighted by atomic mass is 9.53. The summed E-state index contributed by atoms with van der Waals surface area (Å²) in [5.41, 5.74) is 6.06. The molecular formula is C39H48N2O5S. The fraction of sp³-hybridized carbons (Fsp3) is 0.513. The van der Waals surface area contributed by atoms with Crippen LogP contribution >= 0.6 is 11.8 Å². The van der Waals surface area contributed by atoms with Crippen molar-refractivity contribution < 1.29 is 24.5 Å². The first-order valence-electron chi connectivity index (χ1n) is 17.3. The number of thioether (sulfide) groups is 1. The molecule has 2 amide bonds. The molecule has 7 nitrogen and oxygen atoms in total. The number of aliphatic hydroxyl groups excluding tert-OH is 2. The Balaban J connectivity index is 1.03. The van der Waals surface area contributed by atoms with E-state index in [9.17, 15) is 15.0 Å². The summed E-state index contributed by atoms with van der Waals surface area (Å²) in [4.78, 5) is 13.1. The Bertz CT molecular complexity index is 1490. The molecule has 5 fully saturated rings. The normalized spacial score (nSPS) is 31.1. The van der Waals surface area contributed by atoms with Crippen LogP contribution < -0.4 is 10.6 Å². The van der Waals surface area contributed by atoms with Crippen molar-refractivity contribution in [2.45, 2.75) is 82.6 Å². The SMILES string of the molecule is C[C@@H]1[C@H](CSCCO)O[C@H](c2cccc(-c3cccc(CNC(=O)NC45CC6CC(CC(C6)C4)C5)c3)c2)O[C@@H]1c1ccc(CO)cc1. The molecule has 3 aromatic rings. The maximum absolute atomic E-state index is 13.1. The minimum atomic E-state index is -0.550. The van der Waals surface area contributed by atoms with Gasteiger partial charge in [0.15, 0.2) is 6.29 Å². The minimum absolute atomic E-state index is 0.000586. The average molecular weight is 657 g/mol. The van der Waals surface area contributed by atoms with E-state index < -0.39 is 6.29 Å². The van der Waals surface area contributed by atoms with E-state index >= 15 is 0 Å². The molecule has 1 heterocycles. The van der Waals surface area contributed by atoms with Crippen molar-refractivity contribution in [3.8, 4) is 11.1 Å². The number of amides is 2. The summed E-state index contributed by atoms with van der Waals surface area (Å²) >= 11 is 1.69. The van der Waals surface area contributed by atoms with Crippen molar-refractivity contribution in [1.82, 2.24) is 10.6 Å². The Morgan fingerprint density at radius 1 is 0.851 bits per heavy atom. The first-order valence-corrected chi connectivity index (χ1v) is 18.5. The number of ether oxygens (including phenoxy) is 2. The molecule has 0 radical (unpaired) electrons. The van der Waals surface area contributed by atoms with E-state index in [0.717, 1.165) is 76.1 Å². The van der Waals surface area contributed by atoms with E-state index in [1.54, 1.807) is 11.8 Å². The van der Waals surface area contributed by atoms with Gasteiger partial charge < -0.3 is 30.3 Å². The zero-order valence-corrected chi connectivity index (χ0v) is 28.1. The maximum Gasteiger partial charge on any atom is 0.315 e. The van der Waals surface area contributed by atoms with Gasteiger partial charge in [0.05, 0.1) is 25.4 Å². The number of nitrogens with one attached hydrogen (secondary N) is 2. The Morgan fingerprint density at radius 3 is 2.21 bits per heavy atom. The van der Waals surface area contributed by atoms with Crippen molar-refractivity contribution in [2.24, 2.45) is 23.7 Å². The van der Waals surface area contributed by atoms with Crippen molar-refractivity contribution in [2.75, 3.05) is 18.1 Å². The second-order valence-electron chi connectivity index (χ2n) is 14.5. The molecule has 250 valence electrons. The van der Waals surface area contributed by atoms with E-state index in [1.807, 2.05) is 42.5 Å². The molecule has 8 heteroatoms. The summed E-state index contributed by atoms with van der Waals surface area (Å²) in [5.74, 6) is 3.91. The van der Waals surface area contributed by atoms with Crippen LogP contribution in [0.25, 0.3) is 11.1 Å². The predicted molar refractivity (Wildman–Crippen MR) is 186 cm³/mol. The van der Waals surface area contributed by atoms with Crippen LogP contribution in [0.4, 0.5) is 4.79 Å². The molecule has 1 saturated heterocycles. The lowest BCUT2D eigenvalue weighted by molar-refractivity contribution is -0.268.